The molecule has 0 spiro atoms. The average Bonchev–Trinajstić information content (AvgIpc) is 2.86. The van der Waals surface area contributed by atoms with Gasteiger partial charge in [-0.3, -0.25) is 0 Å². The topological polar surface area (TPSA) is 82.5 Å². The molecule has 9 nitrogen and oxygen atoms in total. The van der Waals surface area contributed by atoms with E-state index < -0.39 is 0 Å². The molecule has 1 N–H and O–H groups in total. The molecule has 2 aromatic heterocycles. The van der Waals surface area contributed by atoms with Crippen LogP contribution in [0.25, 0.3) is 11.3 Å². The summed E-state index contributed by atoms with van der Waals surface area (Å²) in [6.45, 7) is 7.20. The van der Waals surface area contributed by atoms with Gasteiger partial charge in [-0.1, -0.05) is 12.1 Å². The molecule has 4 heterocycles. The zero-order valence-corrected chi connectivity index (χ0v) is 18.3. The molecule has 2 fully saturated rings. The minimum Gasteiger partial charge on any atom is -0.378 e. The Hall–Kier alpha value is -3.30. The van der Waals surface area contributed by atoms with Crippen molar-refractivity contribution in [1.82, 2.24) is 25.1 Å². The number of nitrogens with one attached hydrogen (secondary N) is 1. The molecule has 5 rings (SSSR count). The summed E-state index contributed by atoms with van der Waals surface area (Å²) in [7, 11) is 2.15. The van der Waals surface area contributed by atoms with Gasteiger partial charge in [0.05, 0.1) is 18.9 Å². The van der Waals surface area contributed by atoms with E-state index in [1.54, 1.807) is 6.33 Å². The predicted octanol–water partition coefficient (Wildman–Crippen LogP) is 2.27. The van der Waals surface area contributed by atoms with Crippen LogP contribution in [-0.2, 0) is 4.74 Å². The van der Waals surface area contributed by atoms with E-state index >= 15 is 0 Å². The van der Waals surface area contributed by atoms with Gasteiger partial charge in [-0.2, -0.15) is 0 Å². The van der Waals surface area contributed by atoms with Gasteiger partial charge < -0.3 is 24.8 Å². The van der Waals surface area contributed by atoms with Crippen LogP contribution in [0.2, 0.25) is 0 Å². The Morgan fingerprint density at radius 3 is 2.41 bits per heavy atom. The van der Waals surface area contributed by atoms with Crippen molar-refractivity contribution in [2.75, 3.05) is 74.6 Å². The zero-order valence-electron chi connectivity index (χ0n) is 18.3. The van der Waals surface area contributed by atoms with Crippen molar-refractivity contribution in [3.8, 4) is 11.3 Å². The van der Waals surface area contributed by atoms with Crippen molar-refractivity contribution in [3.05, 3.63) is 48.8 Å². The van der Waals surface area contributed by atoms with Crippen molar-refractivity contribution in [2.24, 2.45) is 0 Å². The largest absolute Gasteiger partial charge is 0.378 e. The lowest BCUT2D eigenvalue weighted by molar-refractivity contribution is 0.122. The van der Waals surface area contributed by atoms with Crippen LogP contribution in [0.1, 0.15) is 0 Å². The van der Waals surface area contributed by atoms with Crippen LogP contribution in [0.4, 0.5) is 23.1 Å². The van der Waals surface area contributed by atoms with Crippen LogP contribution in [0.15, 0.2) is 48.8 Å². The van der Waals surface area contributed by atoms with E-state index in [0.29, 0.717) is 0 Å². The Bertz CT molecular complexity index is 1030. The first kappa shape index (κ1) is 20.6. The second-order valence-electron chi connectivity index (χ2n) is 8.13. The molecule has 0 amide bonds. The fourth-order valence-electron chi connectivity index (χ4n) is 3.97. The maximum absolute atomic E-state index is 5.43. The molecule has 2 aliphatic heterocycles. The van der Waals surface area contributed by atoms with Gasteiger partial charge in [-0.15, -0.1) is 10.2 Å². The Balaban J connectivity index is 1.29. The lowest BCUT2D eigenvalue weighted by Crippen LogP contribution is -2.44. The Morgan fingerprint density at radius 2 is 1.62 bits per heavy atom. The van der Waals surface area contributed by atoms with Crippen molar-refractivity contribution in [2.45, 2.75) is 0 Å². The number of likely N-dealkylation sites (N-methyl/N-ethyl adjacent to an activating group) is 1. The van der Waals surface area contributed by atoms with Crippen LogP contribution < -0.4 is 15.1 Å². The number of benzene rings is 1. The summed E-state index contributed by atoms with van der Waals surface area (Å²) in [5.74, 6) is 2.61. The lowest BCUT2D eigenvalue weighted by atomic mass is 10.1. The number of hydrogen-bond donors (Lipinski definition) is 1. The number of rotatable bonds is 5. The van der Waals surface area contributed by atoms with Gasteiger partial charge in [0.25, 0.3) is 0 Å². The van der Waals surface area contributed by atoms with Crippen molar-refractivity contribution >= 4 is 23.1 Å². The van der Waals surface area contributed by atoms with Crippen LogP contribution in [0.5, 0.6) is 0 Å². The number of ether oxygens (including phenoxy) is 1. The number of piperazine rings is 1. The number of morpholine rings is 1. The second-order valence-corrected chi connectivity index (χ2v) is 8.13. The molecule has 0 radical (unpaired) electrons. The fourth-order valence-corrected chi connectivity index (χ4v) is 3.97. The molecule has 0 saturated carbocycles. The molecular weight excluding hydrogens is 404 g/mol. The van der Waals surface area contributed by atoms with Gasteiger partial charge >= 0.3 is 0 Å². The first-order chi connectivity index (χ1) is 15.7. The highest BCUT2D eigenvalue weighted by atomic mass is 16.5. The Kier molecular flexibility index (Phi) is 6.09. The molecule has 32 heavy (non-hydrogen) atoms. The minimum atomic E-state index is 0.726. The van der Waals surface area contributed by atoms with Gasteiger partial charge in [0.2, 0.25) is 0 Å². The minimum absolute atomic E-state index is 0.726. The van der Waals surface area contributed by atoms with Crippen molar-refractivity contribution in [1.29, 1.82) is 0 Å². The Labute approximate surface area is 188 Å². The summed E-state index contributed by atoms with van der Waals surface area (Å²) in [6, 6.07) is 14.2. The van der Waals surface area contributed by atoms with Gasteiger partial charge in [-0.25, -0.2) is 9.97 Å². The van der Waals surface area contributed by atoms with E-state index in [2.05, 4.69) is 59.4 Å². The molecule has 0 aliphatic carbocycles. The maximum atomic E-state index is 5.43. The summed E-state index contributed by atoms with van der Waals surface area (Å²) >= 11 is 0. The number of aromatic nitrogens is 4. The summed E-state index contributed by atoms with van der Waals surface area (Å²) in [5, 5.41) is 12.4. The Morgan fingerprint density at radius 1 is 0.812 bits per heavy atom. The molecule has 2 aliphatic rings. The van der Waals surface area contributed by atoms with Crippen LogP contribution in [-0.4, -0.2) is 84.6 Å². The molecule has 3 aromatic rings. The zero-order chi connectivity index (χ0) is 21.8. The second kappa shape index (κ2) is 9.46. The highest BCUT2D eigenvalue weighted by Crippen LogP contribution is 2.25. The molecule has 2 saturated heterocycles. The predicted molar refractivity (Wildman–Crippen MR) is 126 cm³/mol. The van der Waals surface area contributed by atoms with Gasteiger partial charge in [0.15, 0.2) is 5.82 Å². The van der Waals surface area contributed by atoms with Crippen molar-refractivity contribution < 1.29 is 4.74 Å². The lowest BCUT2D eigenvalue weighted by Gasteiger charge is -2.32. The third-order valence-corrected chi connectivity index (χ3v) is 5.90. The van der Waals surface area contributed by atoms with Gasteiger partial charge in [0.1, 0.15) is 18.0 Å². The molecule has 166 valence electrons. The van der Waals surface area contributed by atoms with E-state index in [-0.39, 0.29) is 0 Å². The van der Waals surface area contributed by atoms with Crippen LogP contribution in [0.3, 0.4) is 0 Å². The normalized spacial score (nSPS) is 17.4. The number of anilines is 4. The molecule has 0 unspecified atom stereocenters. The summed E-state index contributed by atoms with van der Waals surface area (Å²) in [6.07, 6.45) is 1.60. The molecule has 1 aromatic carbocycles. The van der Waals surface area contributed by atoms with Gasteiger partial charge in [-0.05, 0) is 31.3 Å². The average molecular weight is 433 g/mol. The summed E-state index contributed by atoms with van der Waals surface area (Å²) in [4.78, 5) is 15.6. The standard InChI is InChI=1S/C23H28N8O/c1-29-7-9-30(10-8-29)22-6-5-20(27-28-22)18-3-2-4-19(15-18)26-21-16-23(25-17-24-21)31-11-13-32-14-12-31/h2-6,15-17H,7-14H2,1H3,(H,24,25,26). The van der Waals surface area contributed by atoms with E-state index in [9.17, 15) is 0 Å². The monoisotopic (exact) mass is 432 g/mol. The molecule has 0 atom stereocenters. The van der Waals surface area contributed by atoms with Crippen LogP contribution >= 0.6 is 0 Å². The third kappa shape index (κ3) is 4.79. The van der Waals surface area contributed by atoms with E-state index in [0.717, 1.165) is 86.9 Å². The highest BCUT2D eigenvalue weighted by molar-refractivity contribution is 5.68. The van der Waals surface area contributed by atoms with E-state index in [4.69, 9.17) is 4.74 Å². The fraction of sp³-hybridized carbons (Fsp3) is 0.391. The SMILES string of the molecule is CN1CCN(c2ccc(-c3cccc(Nc4cc(N5CCOCC5)ncn4)c3)nn2)CC1. The quantitative estimate of drug-likeness (QED) is 0.653. The van der Waals surface area contributed by atoms with E-state index in [1.165, 1.54) is 0 Å². The molecule has 9 heteroatoms. The third-order valence-electron chi connectivity index (χ3n) is 5.90. The highest BCUT2D eigenvalue weighted by Gasteiger charge is 2.16. The van der Waals surface area contributed by atoms with Crippen LogP contribution in [0, 0.1) is 0 Å². The number of hydrogen-bond acceptors (Lipinski definition) is 9. The summed E-state index contributed by atoms with van der Waals surface area (Å²) in [5.41, 5.74) is 2.80. The van der Waals surface area contributed by atoms with E-state index in [1.807, 2.05) is 30.3 Å². The van der Waals surface area contributed by atoms with Crippen molar-refractivity contribution in [3.63, 3.8) is 0 Å². The smallest absolute Gasteiger partial charge is 0.151 e. The first-order valence-corrected chi connectivity index (χ1v) is 11.0. The molecular formula is C23H28N8O. The maximum Gasteiger partial charge on any atom is 0.151 e. The summed E-state index contributed by atoms with van der Waals surface area (Å²) < 4.78 is 5.43. The van der Waals surface area contributed by atoms with Gasteiger partial charge in [0, 0.05) is 56.6 Å². The number of nitrogens with zero attached hydrogens (tertiary/aromatic N) is 7. The first-order valence-electron chi connectivity index (χ1n) is 11.0. The molecule has 0 bridgehead atoms.